The van der Waals surface area contributed by atoms with E-state index in [2.05, 4.69) is 15.3 Å². The molecule has 1 saturated heterocycles. The topological polar surface area (TPSA) is 119 Å². The quantitative estimate of drug-likeness (QED) is 0.467. The molecular weight excluding hydrogens is 458 g/mol. The lowest BCUT2D eigenvalue weighted by Gasteiger charge is -2.34. The number of anilines is 2. The lowest BCUT2D eigenvalue weighted by Crippen LogP contribution is -2.46. The van der Waals surface area contributed by atoms with Gasteiger partial charge in [0.25, 0.3) is 0 Å². The molecule has 2 aliphatic heterocycles. The van der Waals surface area contributed by atoms with Crippen molar-refractivity contribution in [1.82, 2.24) is 14.9 Å². The molecule has 2 aromatic carbocycles. The molecule has 0 bridgehead atoms. The van der Waals surface area contributed by atoms with Gasteiger partial charge in [-0.05, 0) is 54.9 Å². The van der Waals surface area contributed by atoms with Gasteiger partial charge in [-0.2, -0.15) is 0 Å². The number of aliphatic carboxylic acids is 1. The lowest BCUT2D eigenvalue weighted by molar-refractivity contribution is -0.137. The highest BCUT2D eigenvalue weighted by Crippen LogP contribution is 2.37. The third-order valence-corrected chi connectivity index (χ3v) is 7.30. The van der Waals surface area contributed by atoms with Crippen LogP contribution in [-0.2, 0) is 14.4 Å². The Bertz CT molecular complexity index is 1230. The summed E-state index contributed by atoms with van der Waals surface area (Å²) in [6.45, 7) is 2.07. The molecule has 3 aromatic rings. The summed E-state index contributed by atoms with van der Waals surface area (Å²) in [5.41, 5.74) is 3.41. The Morgan fingerprint density at radius 1 is 1.06 bits per heavy atom. The van der Waals surface area contributed by atoms with Crippen LogP contribution in [0.25, 0.3) is 11.0 Å². The molecule has 0 aliphatic carbocycles. The van der Waals surface area contributed by atoms with Crippen LogP contribution in [0.3, 0.4) is 0 Å². The predicted molar refractivity (Wildman–Crippen MR) is 137 cm³/mol. The summed E-state index contributed by atoms with van der Waals surface area (Å²) in [6, 6.07) is 15.3. The smallest absolute Gasteiger partial charge is 0.303 e. The molecule has 9 nitrogen and oxygen atoms in total. The highest BCUT2D eigenvalue weighted by molar-refractivity contribution is 6.00. The van der Waals surface area contributed by atoms with Crippen molar-refractivity contribution < 1.29 is 19.5 Å². The first-order valence-electron chi connectivity index (χ1n) is 12.6. The number of likely N-dealkylation sites (tertiary alicyclic amines) is 1. The molecule has 3 heterocycles. The number of H-pyrrole nitrogens is 1. The number of aromatic nitrogens is 2. The van der Waals surface area contributed by atoms with E-state index in [1.807, 2.05) is 53.4 Å². The first-order chi connectivity index (χ1) is 17.5. The number of piperidine rings is 1. The van der Waals surface area contributed by atoms with Gasteiger partial charge in [-0.1, -0.05) is 30.3 Å². The van der Waals surface area contributed by atoms with Gasteiger partial charge in [0.1, 0.15) is 6.54 Å². The van der Waals surface area contributed by atoms with E-state index in [0.717, 1.165) is 41.9 Å². The fourth-order valence-corrected chi connectivity index (χ4v) is 5.30. The number of carboxylic acids is 1. The van der Waals surface area contributed by atoms with E-state index >= 15 is 0 Å². The van der Waals surface area contributed by atoms with Crippen LogP contribution in [0.5, 0.6) is 0 Å². The van der Waals surface area contributed by atoms with E-state index in [9.17, 15) is 19.5 Å². The van der Waals surface area contributed by atoms with Crippen LogP contribution in [0.15, 0.2) is 48.5 Å². The number of imidazole rings is 1. The Kier molecular flexibility index (Phi) is 6.88. The molecule has 188 valence electrons. The second-order valence-corrected chi connectivity index (χ2v) is 9.68. The highest BCUT2D eigenvalue weighted by atomic mass is 16.4. The molecule has 1 aromatic heterocycles. The maximum absolute atomic E-state index is 13.2. The first-order valence-corrected chi connectivity index (χ1v) is 12.6. The summed E-state index contributed by atoms with van der Waals surface area (Å²) in [4.78, 5) is 48.7. The van der Waals surface area contributed by atoms with Gasteiger partial charge in [0.2, 0.25) is 17.8 Å². The number of rotatable bonds is 7. The number of para-hydroxylation sites is 3. The number of nitrogens with one attached hydrogen (secondary N) is 2. The van der Waals surface area contributed by atoms with Gasteiger partial charge in [0, 0.05) is 31.7 Å². The van der Waals surface area contributed by atoms with Crippen LogP contribution < -0.4 is 10.2 Å². The minimum Gasteiger partial charge on any atom is -0.481 e. The second-order valence-electron chi connectivity index (χ2n) is 9.68. The molecule has 0 radical (unpaired) electrons. The van der Waals surface area contributed by atoms with Crippen molar-refractivity contribution in [3.63, 3.8) is 0 Å². The number of carbonyl (C=O) groups is 3. The largest absolute Gasteiger partial charge is 0.481 e. The Hall–Kier alpha value is -3.88. The maximum atomic E-state index is 13.2. The number of carboxylic acid groups (broad SMARTS) is 1. The second kappa shape index (κ2) is 10.4. The van der Waals surface area contributed by atoms with Gasteiger partial charge in [-0.25, -0.2) is 4.98 Å². The number of amides is 2. The van der Waals surface area contributed by atoms with E-state index in [1.165, 1.54) is 0 Å². The lowest BCUT2D eigenvalue weighted by atomic mass is 9.91. The van der Waals surface area contributed by atoms with Gasteiger partial charge in [-0.3, -0.25) is 14.4 Å². The predicted octanol–water partition coefficient (Wildman–Crippen LogP) is 3.60. The average molecular weight is 490 g/mol. The van der Waals surface area contributed by atoms with Gasteiger partial charge in [0.15, 0.2) is 0 Å². The molecule has 5 rings (SSSR count). The van der Waals surface area contributed by atoms with Gasteiger partial charge >= 0.3 is 5.97 Å². The van der Waals surface area contributed by atoms with E-state index in [0.29, 0.717) is 31.1 Å². The van der Waals surface area contributed by atoms with Crippen molar-refractivity contribution in [1.29, 1.82) is 0 Å². The van der Waals surface area contributed by atoms with E-state index in [4.69, 9.17) is 0 Å². The fraction of sp³-hybridized carbons (Fsp3) is 0.407. The zero-order valence-corrected chi connectivity index (χ0v) is 20.2. The Morgan fingerprint density at radius 3 is 2.58 bits per heavy atom. The third kappa shape index (κ3) is 5.19. The zero-order valence-electron chi connectivity index (χ0n) is 20.2. The van der Waals surface area contributed by atoms with Crippen molar-refractivity contribution in [3.05, 3.63) is 54.1 Å². The van der Waals surface area contributed by atoms with Crippen LogP contribution in [0, 0.1) is 5.92 Å². The van der Waals surface area contributed by atoms with Crippen molar-refractivity contribution >= 4 is 40.5 Å². The zero-order chi connectivity index (χ0) is 25.1. The average Bonchev–Trinajstić information content (AvgIpc) is 3.26. The number of nitrogens with zero attached hydrogens (tertiary/aromatic N) is 3. The third-order valence-electron chi connectivity index (χ3n) is 7.30. The van der Waals surface area contributed by atoms with Gasteiger partial charge in [-0.15, -0.1) is 0 Å². The molecule has 9 heteroatoms. The Labute approximate surface area is 209 Å². The molecule has 1 atom stereocenters. The summed E-state index contributed by atoms with van der Waals surface area (Å²) in [5.74, 6) is -0.136. The normalized spacial score (nSPS) is 18.7. The fourth-order valence-electron chi connectivity index (χ4n) is 5.30. The van der Waals surface area contributed by atoms with E-state index in [-0.39, 0.29) is 37.1 Å². The van der Waals surface area contributed by atoms with Crippen molar-refractivity contribution in [2.75, 3.05) is 36.4 Å². The summed E-state index contributed by atoms with van der Waals surface area (Å²) < 4.78 is 0. The van der Waals surface area contributed by atoms with E-state index in [1.54, 1.807) is 4.90 Å². The number of hydrogen-bond donors (Lipinski definition) is 3. The standard InChI is InChI=1S/C27H31N5O4/c33-24-10-9-19(15-26(35)36)20-5-1-4-8-23(20)32(24)17-25(34)31-13-11-18(12-14-31)16-28-27-29-21-6-2-3-7-22(21)30-27/h1-8,18-19H,9-17H2,(H,35,36)(H2,28,29,30). The van der Waals surface area contributed by atoms with Crippen molar-refractivity contribution in [3.8, 4) is 0 Å². The van der Waals surface area contributed by atoms with Crippen LogP contribution in [0.4, 0.5) is 11.6 Å². The molecule has 36 heavy (non-hydrogen) atoms. The number of benzene rings is 2. The maximum Gasteiger partial charge on any atom is 0.303 e. The number of aromatic amines is 1. The van der Waals surface area contributed by atoms with Gasteiger partial charge in [0.05, 0.1) is 17.5 Å². The summed E-state index contributed by atoms with van der Waals surface area (Å²) in [5, 5.41) is 12.7. The van der Waals surface area contributed by atoms with Crippen molar-refractivity contribution in [2.45, 2.75) is 38.0 Å². The minimum atomic E-state index is -0.885. The highest BCUT2D eigenvalue weighted by Gasteiger charge is 2.32. The number of carbonyl (C=O) groups excluding carboxylic acids is 2. The SMILES string of the molecule is O=C(O)CC1CCC(=O)N(CC(=O)N2CCC(CNc3nc4ccccc4[nH]3)CC2)c2ccccc21. The van der Waals surface area contributed by atoms with Crippen LogP contribution in [0.2, 0.25) is 0 Å². The molecule has 2 amide bonds. The van der Waals surface area contributed by atoms with Crippen LogP contribution in [-0.4, -0.2) is 63.9 Å². The number of hydrogen-bond acceptors (Lipinski definition) is 5. The molecule has 0 saturated carbocycles. The molecule has 2 aliphatic rings. The van der Waals surface area contributed by atoms with Gasteiger partial charge < -0.3 is 25.2 Å². The molecular formula is C27H31N5O4. The number of fused-ring (bicyclic) bond motifs is 2. The minimum absolute atomic E-state index is 0.0163. The monoisotopic (exact) mass is 489 g/mol. The molecule has 1 fully saturated rings. The van der Waals surface area contributed by atoms with Crippen LogP contribution in [0.1, 0.15) is 43.6 Å². The van der Waals surface area contributed by atoms with Crippen molar-refractivity contribution in [2.24, 2.45) is 5.92 Å². The molecule has 0 spiro atoms. The molecule has 1 unspecified atom stereocenters. The van der Waals surface area contributed by atoms with E-state index < -0.39 is 5.97 Å². The summed E-state index contributed by atoms with van der Waals surface area (Å²) in [6.07, 6.45) is 2.43. The Balaban J connectivity index is 1.17. The molecule has 3 N–H and O–H groups in total. The Morgan fingerprint density at radius 2 is 1.81 bits per heavy atom. The summed E-state index contributed by atoms with van der Waals surface area (Å²) >= 11 is 0. The summed E-state index contributed by atoms with van der Waals surface area (Å²) in [7, 11) is 0. The first kappa shape index (κ1) is 23.8. The van der Waals surface area contributed by atoms with Crippen LogP contribution >= 0.6 is 0 Å².